The molecule has 0 spiro atoms. The number of hydrogen-bond donors (Lipinski definition) is 1. The summed E-state index contributed by atoms with van der Waals surface area (Å²) in [5.41, 5.74) is 0.788. The third-order valence-corrected chi connectivity index (χ3v) is 4.35. The SMILES string of the molecule is CNC(Cc1cc(F)ccc1Cl)c1sccc1OC. The molecule has 102 valence electrons. The van der Waals surface area contributed by atoms with Gasteiger partial charge in [-0.25, -0.2) is 4.39 Å². The first kappa shape index (κ1) is 14.3. The van der Waals surface area contributed by atoms with Gasteiger partial charge < -0.3 is 10.1 Å². The lowest BCUT2D eigenvalue weighted by atomic mass is 10.0. The van der Waals surface area contributed by atoms with Gasteiger partial charge in [-0.1, -0.05) is 11.6 Å². The fourth-order valence-corrected chi connectivity index (χ4v) is 3.14. The Labute approximate surface area is 121 Å². The minimum atomic E-state index is -0.271. The summed E-state index contributed by atoms with van der Waals surface area (Å²) in [4.78, 5) is 1.09. The lowest BCUT2D eigenvalue weighted by molar-refractivity contribution is 0.405. The quantitative estimate of drug-likeness (QED) is 0.899. The van der Waals surface area contributed by atoms with E-state index in [0.29, 0.717) is 11.4 Å². The average Bonchev–Trinajstić information content (AvgIpc) is 2.88. The van der Waals surface area contributed by atoms with Gasteiger partial charge >= 0.3 is 0 Å². The highest BCUT2D eigenvalue weighted by Gasteiger charge is 2.18. The maximum absolute atomic E-state index is 13.3. The van der Waals surface area contributed by atoms with E-state index < -0.39 is 0 Å². The molecule has 1 atom stereocenters. The highest BCUT2D eigenvalue weighted by molar-refractivity contribution is 7.10. The van der Waals surface area contributed by atoms with Crippen molar-refractivity contribution in [2.45, 2.75) is 12.5 Å². The number of methoxy groups -OCH3 is 1. The topological polar surface area (TPSA) is 21.3 Å². The molecule has 1 N–H and O–H groups in total. The zero-order chi connectivity index (χ0) is 13.8. The molecule has 0 saturated heterocycles. The molecule has 1 unspecified atom stereocenters. The minimum absolute atomic E-state index is 0.0502. The van der Waals surface area contributed by atoms with Crippen LogP contribution in [0.3, 0.4) is 0 Å². The summed E-state index contributed by atoms with van der Waals surface area (Å²) in [5.74, 6) is 0.573. The smallest absolute Gasteiger partial charge is 0.134 e. The molecule has 0 fully saturated rings. The van der Waals surface area contributed by atoms with E-state index in [9.17, 15) is 4.39 Å². The second-order valence-electron chi connectivity index (χ2n) is 4.13. The minimum Gasteiger partial charge on any atom is -0.496 e. The van der Waals surface area contributed by atoms with Crippen molar-refractivity contribution in [1.29, 1.82) is 0 Å². The molecule has 1 aromatic carbocycles. The zero-order valence-corrected chi connectivity index (χ0v) is 12.3. The zero-order valence-electron chi connectivity index (χ0n) is 10.7. The van der Waals surface area contributed by atoms with Crippen molar-refractivity contribution in [3.8, 4) is 5.75 Å². The Hall–Kier alpha value is -1.10. The molecule has 1 aromatic heterocycles. The van der Waals surface area contributed by atoms with Crippen molar-refractivity contribution in [3.63, 3.8) is 0 Å². The van der Waals surface area contributed by atoms with E-state index in [1.807, 2.05) is 18.5 Å². The maximum atomic E-state index is 13.3. The highest BCUT2D eigenvalue weighted by Crippen LogP contribution is 2.33. The molecular weight excluding hydrogens is 285 g/mol. The first-order valence-electron chi connectivity index (χ1n) is 5.88. The molecule has 0 radical (unpaired) electrons. The number of halogens is 2. The number of benzene rings is 1. The lowest BCUT2D eigenvalue weighted by Crippen LogP contribution is -2.18. The van der Waals surface area contributed by atoms with Crippen LogP contribution < -0.4 is 10.1 Å². The van der Waals surface area contributed by atoms with Crippen molar-refractivity contribution in [3.05, 3.63) is 50.9 Å². The molecule has 5 heteroatoms. The second kappa shape index (κ2) is 6.37. The third kappa shape index (κ3) is 3.26. The van der Waals surface area contributed by atoms with Crippen LogP contribution in [-0.2, 0) is 6.42 Å². The van der Waals surface area contributed by atoms with Crippen LogP contribution in [0, 0.1) is 5.82 Å². The summed E-state index contributed by atoms with van der Waals surface area (Å²) in [6, 6.07) is 6.41. The van der Waals surface area contributed by atoms with E-state index in [2.05, 4.69) is 5.32 Å². The van der Waals surface area contributed by atoms with Crippen molar-refractivity contribution < 1.29 is 9.13 Å². The van der Waals surface area contributed by atoms with Gasteiger partial charge in [-0.3, -0.25) is 0 Å². The predicted octanol–water partition coefficient (Wildman–Crippen LogP) is 4.05. The second-order valence-corrected chi connectivity index (χ2v) is 5.49. The number of rotatable bonds is 5. The molecule has 1 heterocycles. The van der Waals surface area contributed by atoms with E-state index >= 15 is 0 Å². The van der Waals surface area contributed by atoms with Gasteiger partial charge in [0, 0.05) is 11.1 Å². The van der Waals surface area contributed by atoms with Crippen molar-refractivity contribution >= 4 is 22.9 Å². The van der Waals surface area contributed by atoms with Crippen LogP contribution in [0.15, 0.2) is 29.6 Å². The molecular formula is C14H15ClFNOS. The Morgan fingerprint density at radius 3 is 2.89 bits per heavy atom. The lowest BCUT2D eigenvalue weighted by Gasteiger charge is -2.17. The number of nitrogens with one attached hydrogen (secondary N) is 1. The Morgan fingerprint density at radius 2 is 2.21 bits per heavy atom. The Kier molecular flexibility index (Phi) is 4.80. The van der Waals surface area contributed by atoms with Crippen LogP contribution in [0.4, 0.5) is 4.39 Å². The van der Waals surface area contributed by atoms with Crippen LogP contribution in [0.5, 0.6) is 5.75 Å². The van der Waals surface area contributed by atoms with Gasteiger partial charge in [0.05, 0.1) is 12.0 Å². The van der Waals surface area contributed by atoms with Crippen LogP contribution in [-0.4, -0.2) is 14.2 Å². The summed E-state index contributed by atoms with van der Waals surface area (Å²) in [5, 5.41) is 5.78. The molecule has 2 nitrogen and oxygen atoms in total. The first-order valence-corrected chi connectivity index (χ1v) is 7.14. The van der Waals surface area contributed by atoms with Gasteiger partial charge in [-0.2, -0.15) is 0 Å². The highest BCUT2D eigenvalue weighted by atomic mass is 35.5. The van der Waals surface area contributed by atoms with Crippen molar-refractivity contribution in [1.82, 2.24) is 5.32 Å². The Bertz CT molecular complexity index is 558. The first-order chi connectivity index (χ1) is 9.15. The molecule has 0 aliphatic carbocycles. The van der Waals surface area contributed by atoms with Gasteiger partial charge in [-0.05, 0) is 48.7 Å². The van der Waals surface area contributed by atoms with Gasteiger partial charge in [0.15, 0.2) is 0 Å². The number of hydrogen-bond acceptors (Lipinski definition) is 3. The Balaban J connectivity index is 2.26. The van der Waals surface area contributed by atoms with Crippen LogP contribution >= 0.6 is 22.9 Å². The van der Waals surface area contributed by atoms with E-state index in [-0.39, 0.29) is 11.9 Å². The van der Waals surface area contributed by atoms with Gasteiger partial charge in [0.25, 0.3) is 0 Å². The van der Waals surface area contributed by atoms with Gasteiger partial charge in [0.2, 0.25) is 0 Å². The molecule has 19 heavy (non-hydrogen) atoms. The number of thiophene rings is 1. The predicted molar refractivity (Wildman–Crippen MR) is 77.8 cm³/mol. The fraction of sp³-hybridized carbons (Fsp3) is 0.286. The molecule has 2 aromatic rings. The number of likely N-dealkylation sites (N-methyl/N-ethyl adjacent to an activating group) is 1. The summed E-state index contributed by atoms with van der Waals surface area (Å²) in [6.07, 6.45) is 0.615. The molecule has 0 bridgehead atoms. The summed E-state index contributed by atoms with van der Waals surface area (Å²) < 4.78 is 18.6. The molecule has 2 rings (SSSR count). The summed E-state index contributed by atoms with van der Waals surface area (Å²) >= 11 is 7.72. The van der Waals surface area contributed by atoms with Crippen molar-refractivity contribution in [2.24, 2.45) is 0 Å². The monoisotopic (exact) mass is 299 g/mol. The summed E-state index contributed by atoms with van der Waals surface area (Å²) in [6.45, 7) is 0. The van der Waals surface area contributed by atoms with Gasteiger partial charge in [0.1, 0.15) is 11.6 Å². The fourth-order valence-electron chi connectivity index (χ4n) is 1.98. The summed E-state index contributed by atoms with van der Waals surface area (Å²) in [7, 11) is 3.52. The molecule has 0 aliphatic rings. The van der Waals surface area contributed by atoms with E-state index in [1.54, 1.807) is 24.5 Å². The number of ether oxygens (including phenoxy) is 1. The van der Waals surface area contributed by atoms with E-state index in [0.717, 1.165) is 16.2 Å². The van der Waals surface area contributed by atoms with Crippen molar-refractivity contribution in [2.75, 3.05) is 14.2 Å². The van der Waals surface area contributed by atoms with E-state index in [1.165, 1.54) is 12.1 Å². The standard InChI is InChI=1S/C14H15ClFNOS/c1-17-12(14-13(18-2)5-6-19-14)8-9-7-10(16)3-4-11(9)15/h3-7,12,17H,8H2,1-2H3. The maximum Gasteiger partial charge on any atom is 0.134 e. The van der Waals surface area contributed by atoms with E-state index in [4.69, 9.17) is 16.3 Å². The van der Waals surface area contributed by atoms with Crippen LogP contribution in [0.25, 0.3) is 0 Å². The molecule has 0 amide bonds. The third-order valence-electron chi connectivity index (χ3n) is 2.97. The van der Waals surface area contributed by atoms with Crippen LogP contribution in [0.2, 0.25) is 5.02 Å². The van der Waals surface area contributed by atoms with Gasteiger partial charge in [-0.15, -0.1) is 11.3 Å². The molecule has 0 saturated carbocycles. The van der Waals surface area contributed by atoms with Crippen LogP contribution in [0.1, 0.15) is 16.5 Å². The molecule has 0 aliphatic heterocycles. The Morgan fingerprint density at radius 1 is 1.42 bits per heavy atom. The average molecular weight is 300 g/mol. The largest absolute Gasteiger partial charge is 0.496 e. The normalized spacial score (nSPS) is 12.4.